The number of aliphatic carboxylic acids is 1. The fraction of sp³-hybridized carbons (Fsp3) is 0.250. The van der Waals surface area contributed by atoms with Gasteiger partial charge in [-0.05, 0) is 52.3 Å². The Morgan fingerprint density at radius 1 is 1.17 bits per heavy atom. The van der Waals surface area contributed by atoms with Gasteiger partial charge in [0, 0.05) is 23.3 Å². The first kappa shape index (κ1) is 24.7. The van der Waals surface area contributed by atoms with Gasteiger partial charge in [-0.25, -0.2) is 9.59 Å². The number of methoxy groups -OCH3 is 1. The normalized spacial score (nSPS) is 14.6. The molecule has 2 aromatic rings. The van der Waals surface area contributed by atoms with E-state index < -0.39 is 11.6 Å². The summed E-state index contributed by atoms with van der Waals surface area (Å²) < 4.78 is 17.6. The summed E-state index contributed by atoms with van der Waals surface area (Å²) in [6, 6.07) is 1.55. The largest absolute Gasteiger partial charge is 0.506 e. The predicted molar refractivity (Wildman–Crippen MR) is 135 cm³/mol. The molecule has 0 aliphatic carbocycles. The van der Waals surface area contributed by atoms with Gasteiger partial charge in [-0.3, -0.25) is 0 Å². The average molecular weight is 491 g/mol. The van der Waals surface area contributed by atoms with E-state index in [0.29, 0.717) is 16.9 Å². The lowest BCUT2D eigenvalue weighted by Crippen LogP contribution is -2.27. The molecule has 2 aliphatic rings. The van der Waals surface area contributed by atoms with Crippen molar-refractivity contribution >= 4 is 29.6 Å². The first-order valence-corrected chi connectivity index (χ1v) is 11.2. The third-order valence-corrected chi connectivity index (χ3v) is 5.93. The van der Waals surface area contributed by atoms with Crippen molar-refractivity contribution in [2.75, 3.05) is 7.11 Å². The molecule has 8 heteroatoms. The molecule has 2 aliphatic heterocycles. The second kappa shape index (κ2) is 8.98. The molecule has 0 radical (unpaired) electrons. The van der Waals surface area contributed by atoms with Gasteiger partial charge in [0.05, 0.1) is 29.4 Å². The number of ether oxygens (including phenoxy) is 3. The first-order valence-electron chi connectivity index (χ1n) is 11.2. The summed E-state index contributed by atoms with van der Waals surface area (Å²) >= 11 is 0. The Labute approximate surface area is 208 Å². The molecule has 4 rings (SSSR count). The van der Waals surface area contributed by atoms with Crippen LogP contribution in [-0.2, 0) is 16.0 Å². The fourth-order valence-corrected chi connectivity index (χ4v) is 4.30. The number of phenolic OH excluding ortho intramolecular Hbond substituents is 2. The summed E-state index contributed by atoms with van der Waals surface area (Å²) in [5.41, 5.74) is 1.50. The number of fused-ring (bicyclic) bond motifs is 3. The van der Waals surface area contributed by atoms with Gasteiger partial charge in [-0.1, -0.05) is 11.6 Å². The molecule has 3 N–H and O–H groups in total. The van der Waals surface area contributed by atoms with Crippen LogP contribution in [0.3, 0.4) is 0 Å². The molecule has 2 aromatic carbocycles. The average Bonchev–Trinajstić information content (AvgIpc) is 2.79. The summed E-state index contributed by atoms with van der Waals surface area (Å²) in [5, 5.41) is 31.5. The van der Waals surface area contributed by atoms with Crippen LogP contribution in [0.5, 0.6) is 34.5 Å². The number of benzene rings is 2. The summed E-state index contributed by atoms with van der Waals surface area (Å²) in [5.74, 6) is 0.667. The standard InChI is InChI=1S/C28H26O8/c1-14(2)6-7-16-22-18(13-29)23-20(12-19-15(24(23)32)10-11-28(3,4)36-19)35-26(22)17(8-9-21(30)31)25(33)27(16)34-5/h6,8-12,32-33H,7H2,1-5H3,(H,30,31)/b9-8+. The number of carbonyl (C=O) groups is 1. The van der Waals surface area contributed by atoms with E-state index in [1.165, 1.54) is 7.11 Å². The van der Waals surface area contributed by atoms with E-state index in [-0.39, 0.29) is 57.4 Å². The van der Waals surface area contributed by atoms with Gasteiger partial charge in [0.15, 0.2) is 11.5 Å². The van der Waals surface area contributed by atoms with Crippen molar-refractivity contribution < 1.29 is 39.1 Å². The van der Waals surface area contributed by atoms with Crippen LogP contribution < -0.4 is 14.2 Å². The molecular formula is C28H26O8. The zero-order chi connectivity index (χ0) is 26.4. The minimum Gasteiger partial charge on any atom is -0.506 e. The van der Waals surface area contributed by atoms with E-state index in [4.69, 9.17) is 14.2 Å². The van der Waals surface area contributed by atoms with E-state index in [0.717, 1.165) is 17.7 Å². The summed E-state index contributed by atoms with van der Waals surface area (Å²) in [4.78, 5) is 23.7. The van der Waals surface area contributed by atoms with Crippen LogP contribution in [0.15, 0.2) is 29.9 Å². The monoisotopic (exact) mass is 490 g/mol. The lowest BCUT2D eigenvalue weighted by Gasteiger charge is -2.32. The molecule has 0 amide bonds. The van der Waals surface area contributed by atoms with E-state index in [1.807, 2.05) is 39.7 Å². The highest BCUT2D eigenvalue weighted by Crippen LogP contribution is 2.57. The predicted octanol–water partition coefficient (Wildman–Crippen LogP) is 5.27. The van der Waals surface area contributed by atoms with E-state index in [2.05, 4.69) is 0 Å². The molecule has 0 aromatic heterocycles. The number of hydrogen-bond acceptors (Lipinski definition) is 7. The van der Waals surface area contributed by atoms with E-state index in [9.17, 15) is 24.9 Å². The minimum atomic E-state index is -1.24. The van der Waals surface area contributed by atoms with Crippen molar-refractivity contribution in [3.8, 4) is 34.5 Å². The third kappa shape index (κ3) is 4.12. The van der Waals surface area contributed by atoms with Gasteiger partial charge in [-0.2, -0.15) is 0 Å². The van der Waals surface area contributed by atoms with Crippen LogP contribution in [0.1, 0.15) is 55.5 Å². The van der Waals surface area contributed by atoms with E-state index in [1.54, 1.807) is 18.2 Å². The third-order valence-electron chi connectivity index (χ3n) is 5.93. The SMILES string of the molecule is COc1c(O)c(/C=C/C(=O)O)c2c(c1CC=C(C)C)C(=C=O)c1c(cc3c(c1O)C=CC(C)(C)O3)O2. The minimum absolute atomic E-state index is 0.00181. The Morgan fingerprint density at radius 3 is 2.50 bits per heavy atom. The van der Waals surface area contributed by atoms with Gasteiger partial charge < -0.3 is 29.5 Å². The number of aromatic hydroxyl groups is 2. The van der Waals surface area contributed by atoms with Crippen LogP contribution in [0.25, 0.3) is 17.7 Å². The highest BCUT2D eigenvalue weighted by atomic mass is 16.5. The molecule has 2 heterocycles. The number of phenols is 2. The van der Waals surface area contributed by atoms with Gasteiger partial charge >= 0.3 is 5.97 Å². The van der Waals surface area contributed by atoms with Crippen LogP contribution in [0.4, 0.5) is 0 Å². The smallest absolute Gasteiger partial charge is 0.328 e. The van der Waals surface area contributed by atoms with Gasteiger partial charge in [0.25, 0.3) is 0 Å². The highest BCUT2D eigenvalue weighted by molar-refractivity contribution is 6.07. The second-order valence-electron chi connectivity index (χ2n) is 9.26. The Kier molecular flexibility index (Phi) is 6.16. The summed E-state index contributed by atoms with van der Waals surface area (Å²) in [6.45, 7) is 7.50. The highest BCUT2D eigenvalue weighted by Gasteiger charge is 2.37. The first-order chi connectivity index (χ1) is 17.0. The number of allylic oxidation sites excluding steroid dienone is 2. The van der Waals surface area contributed by atoms with Gasteiger partial charge in [-0.15, -0.1) is 0 Å². The Hall–Kier alpha value is -4.42. The maximum atomic E-state index is 12.5. The molecule has 0 bridgehead atoms. The van der Waals surface area contributed by atoms with Crippen LogP contribution in [0, 0.1) is 0 Å². The van der Waals surface area contributed by atoms with Crippen molar-refractivity contribution in [2.24, 2.45) is 0 Å². The number of rotatable bonds is 5. The number of carboxylic acids is 1. The molecule has 8 nitrogen and oxygen atoms in total. The molecule has 36 heavy (non-hydrogen) atoms. The molecule has 0 atom stereocenters. The molecule has 0 saturated carbocycles. The van der Waals surface area contributed by atoms with Crippen LogP contribution in [-0.4, -0.2) is 39.9 Å². The number of carbonyl (C=O) groups excluding carboxylic acids is 1. The lowest BCUT2D eigenvalue weighted by molar-refractivity contribution is -0.131. The van der Waals surface area contributed by atoms with Crippen molar-refractivity contribution in [1.82, 2.24) is 0 Å². The molecule has 0 unspecified atom stereocenters. The Balaban J connectivity index is 2.09. The lowest BCUT2D eigenvalue weighted by atomic mass is 9.85. The summed E-state index contributed by atoms with van der Waals surface area (Å²) in [6.07, 6.45) is 7.66. The molecule has 0 saturated heterocycles. The van der Waals surface area contributed by atoms with E-state index >= 15 is 0 Å². The fourth-order valence-electron chi connectivity index (χ4n) is 4.30. The topological polar surface area (TPSA) is 123 Å². The molecule has 0 spiro atoms. The van der Waals surface area contributed by atoms with Crippen LogP contribution >= 0.6 is 0 Å². The zero-order valence-electron chi connectivity index (χ0n) is 20.6. The van der Waals surface area contributed by atoms with Gasteiger partial charge in [0.2, 0.25) is 0 Å². The number of hydrogen-bond donors (Lipinski definition) is 3. The zero-order valence-corrected chi connectivity index (χ0v) is 20.6. The van der Waals surface area contributed by atoms with Crippen molar-refractivity contribution in [3.63, 3.8) is 0 Å². The van der Waals surface area contributed by atoms with Crippen molar-refractivity contribution in [2.45, 2.75) is 39.7 Å². The Morgan fingerprint density at radius 2 is 1.89 bits per heavy atom. The van der Waals surface area contributed by atoms with Crippen molar-refractivity contribution in [3.05, 3.63) is 57.7 Å². The second-order valence-corrected chi connectivity index (χ2v) is 9.26. The molecule has 0 fully saturated rings. The molecule has 186 valence electrons. The summed E-state index contributed by atoms with van der Waals surface area (Å²) in [7, 11) is 1.36. The maximum absolute atomic E-state index is 12.5. The Bertz CT molecular complexity index is 1430. The number of carboxylic acid groups (broad SMARTS) is 1. The maximum Gasteiger partial charge on any atom is 0.328 e. The molecular weight excluding hydrogens is 464 g/mol. The van der Waals surface area contributed by atoms with Crippen LogP contribution in [0.2, 0.25) is 0 Å². The van der Waals surface area contributed by atoms with Crippen molar-refractivity contribution in [1.29, 1.82) is 0 Å². The quantitative estimate of drug-likeness (QED) is 0.251. The van der Waals surface area contributed by atoms with Gasteiger partial charge in [0.1, 0.15) is 34.5 Å².